The van der Waals surface area contributed by atoms with Crippen LogP contribution in [0.3, 0.4) is 0 Å². The summed E-state index contributed by atoms with van der Waals surface area (Å²) in [5.74, 6) is 2.20. The molecule has 0 atom stereocenters. The van der Waals surface area contributed by atoms with Crippen LogP contribution < -0.4 is 4.90 Å². The maximum atomic E-state index is 4.55. The summed E-state index contributed by atoms with van der Waals surface area (Å²) in [6.45, 7) is 4.82. The van der Waals surface area contributed by atoms with Crippen molar-refractivity contribution < 1.29 is 0 Å². The summed E-state index contributed by atoms with van der Waals surface area (Å²) < 4.78 is 0. The second-order valence-electron chi connectivity index (χ2n) is 5.36. The van der Waals surface area contributed by atoms with Crippen molar-refractivity contribution in [2.24, 2.45) is 0 Å². The monoisotopic (exact) mass is 274 g/mol. The van der Waals surface area contributed by atoms with Gasteiger partial charge in [-0.3, -0.25) is 0 Å². The number of anilines is 1. The topological polar surface area (TPSA) is 35.2 Å². The van der Waals surface area contributed by atoms with Crippen molar-refractivity contribution in [3.05, 3.63) is 23.7 Å². The molecule has 19 heavy (non-hydrogen) atoms. The minimum Gasteiger partial charge on any atom is -0.352 e. The average molecular weight is 274 g/mol. The van der Waals surface area contributed by atoms with Gasteiger partial charge in [0.1, 0.15) is 11.6 Å². The third-order valence-electron chi connectivity index (χ3n) is 4.28. The molecule has 2 aromatic rings. The minimum atomic E-state index is 0.690. The van der Waals surface area contributed by atoms with Crippen LogP contribution in [-0.2, 0) is 0 Å². The Morgan fingerprint density at radius 3 is 2.89 bits per heavy atom. The number of hydrogen-bond donors (Lipinski definition) is 1. The fraction of sp³-hybridized carbons (Fsp3) is 0.500. The van der Waals surface area contributed by atoms with Crippen LogP contribution in [0.1, 0.15) is 12.8 Å². The lowest BCUT2D eigenvalue weighted by molar-refractivity contribution is 0.250. The van der Waals surface area contributed by atoms with Crippen LogP contribution in [-0.4, -0.2) is 47.1 Å². The fourth-order valence-electron chi connectivity index (χ4n) is 3.20. The second-order valence-corrected chi connectivity index (χ2v) is 6.31. The van der Waals surface area contributed by atoms with E-state index in [9.17, 15) is 0 Å². The Hall–Kier alpha value is -1.33. The SMILES string of the molecule is c1csc(-c2ncc(N3CCN4CCC3CC4)[nH]2)c1. The summed E-state index contributed by atoms with van der Waals surface area (Å²) in [7, 11) is 0. The highest BCUT2D eigenvalue weighted by Gasteiger charge is 2.29. The molecule has 0 amide bonds. The molecule has 100 valence electrons. The summed E-state index contributed by atoms with van der Waals surface area (Å²) in [5.41, 5.74) is 0. The van der Waals surface area contributed by atoms with E-state index in [1.807, 2.05) is 6.20 Å². The molecule has 1 N–H and O–H groups in total. The molecule has 3 aliphatic heterocycles. The molecule has 3 fully saturated rings. The van der Waals surface area contributed by atoms with Crippen LogP contribution in [0.5, 0.6) is 0 Å². The highest BCUT2D eigenvalue weighted by atomic mass is 32.1. The van der Waals surface area contributed by atoms with Gasteiger partial charge < -0.3 is 14.8 Å². The summed E-state index contributed by atoms with van der Waals surface area (Å²) >= 11 is 1.73. The number of imidazole rings is 1. The molecule has 0 aliphatic carbocycles. The molecule has 3 saturated heterocycles. The molecule has 3 aliphatic rings. The van der Waals surface area contributed by atoms with Crippen molar-refractivity contribution in [2.75, 3.05) is 31.1 Å². The van der Waals surface area contributed by atoms with Crippen LogP contribution in [0.15, 0.2) is 23.7 Å². The Morgan fingerprint density at radius 1 is 1.21 bits per heavy atom. The van der Waals surface area contributed by atoms with Gasteiger partial charge in [-0.2, -0.15) is 0 Å². The van der Waals surface area contributed by atoms with Gasteiger partial charge in [0, 0.05) is 32.2 Å². The Labute approximate surface area is 117 Å². The molecular formula is C14H18N4S. The lowest BCUT2D eigenvalue weighted by atomic mass is 10.1. The lowest BCUT2D eigenvalue weighted by Crippen LogP contribution is -2.38. The quantitative estimate of drug-likeness (QED) is 0.913. The van der Waals surface area contributed by atoms with Crippen molar-refractivity contribution in [1.29, 1.82) is 0 Å². The zero-order valence-corrected chi connectivity index (χ0v) is 11.7. The minimum absolute atomic E-state index is 0.690. The number of nitrogens with one attached hydrogen (secondary N) is 1. The van der Waals surface area contributed by atoms with E-state index in [0.29, 0.717) is 6.04 Å². The zero-order chi connectivity index (χ0) is 12.7. The van der Waals surface area contributed by atoms with E-state index in [-0.39, 0.29) is 0 Å². The van der Waals surface area contributed by atoms with E-state index in [1.54, 1.807) is 11.3 Å². The third-order valence-corrected chi connectivity index (χ3v) is 5.16. The number of fused-ring (bicyclic) bond motifs is 4. The first-order valence-electron chi connectivity index (χ1n) is 6.98. The van der Waals surface area contributed by atoms with Gasteiger partial charge in [-0.15, -0.1) is 11.3 Å². The van der Waals surface area contributed by atoms with Gasteiger partial charge in [0.05, 0.1) is 11.1 Å². The van der Waals surface area contributed by atoms with Gasteiger partial charge in [0.25, 0.3) is 0 Å². The fourth-order valence-corrected chi connectivity index (χ4v) is 3.88. The summed E-state index contributed by atoms with van der Waals surface area (Å²) in [6, 6.07) is 4.88. The van der Waals surface area contributed by atoms with Crippen LogP contribution in [0.4, 0.5) is 5.82 Å². The number of H-pyrrole nitrogens is 1. The molecule has 2 bridgehead atoms. The van der Waals surface area contributed by atoms with Gasteiger partial charge >= 0.3 is 0 Å². The predicted octanol–water partition coefficient (Wildman–Crippen LogP) is 2.42. The summed E-state index contributed by atoms with van der Waals surface area (Å²) in [6.07, 6.45) is 4.57. The van der Waals surface area contributed by atoms with E-state index in [4.69, 9.17) is 0 Å². The lowest BCUT2D eigenvalue weighted by Gasteiger charge is -2.31. The van der Waals surface area contributed by atoms with E-state index in [2.05, 4.69) is 37.3 Å². The molecular weight excluding hydrogens is 256 g/mol. The number of piperidine rings is 1. The van der Waals surface area contributed by atoms with Crippen molar-refractivity contribution in [1.82, 2.24) is 14.9 Å². The maximum Gasteiger partial charge on any atom is 0.149 e. The Bertz CT molecular complexity index is 540. The molecule has 0 unspecified atom stereocenters. The number of rotatable bonds is 2. The van der Waals surface area contributed by atoms with Crippen LogP contribution >= 0.6 is 11.3 Å². The second kappa shape index (κ2) is 4.65. The van der Waals surface area contributed by atoms with Gasteiger partial charge in [-0.25, -0.2) is 4.98 Å². The van der Waals surface area contributed by atoms with E-state index in [1.165, 1.54) is 43.2 Å². The third kappa shape index (κ3) is 2.07. The molecule has 0 aromatic carbocycles. The van der Waals surface area contributed by atoms with Crippen molar-refractivity contribution >= 4 is 17.2 Å². The van der Waals surface area contributed by atoms with E-state index >= 15 is 0 Å². The van der Waals surface area contributed by atoms with E-state index < -0.39 is 0 Å². The molecule has 5 rings (SSSR count). The first-order chi connectivity index (χ1) is 9.40. The van der Waals surface area contributed by atoms with Gasteiger partial charge in [0.15, 0.2) is 0 Å². The summed E-state index contributed by atoms with van der Waals surface area (Å²) in [5, 5.41) is 2.10. The standard InChI is InChI=1S/C14H18N4S/c1-2-12(19-9-1)14-15-10-13(16-14)18-8-7-17-5-3-11(18)4-6-17/h1-2,9-11H,3-8H2,(H,15,16). The highest BCUT2D eigenvalue weighted by Crippen LogP contribution is 2.28. The van der Waals surface area contributed by atoms with Gasteiger partial charge in [-0.1, -0.05) is 6.07 Å². The number of hydrogen-bond acceptors (Lipinski definition) is 4. The normalized spacial score (nSPS) is 26.6. The average Bonchev–Trinajstić information content (AvgIpc) is 3.05. The highest BCUT2D eigenvalue weighted by molar-refractivity contribution is 7.13. The Morgan fingerprint density at radius 2 is 2.11 bits per heavy atom. The molecule has 5 heteroatoms. The molecule has 4 nitrogen and oxygen atoms in total. The predicted molar refractivity (Wildman–Crippen MR) is 78.7 cm³/mol. The molecule has 0 spiro atoms. The number of aromatic nitrogens is 2. The zero-order valence-electron chi connectivity index (χ0n) is 10.9. The molecule has 5 heterocycles. The largest absolute Gasteiger partial charge is 0.352 e. The number of aromatic amines is 1. The van der Waals surface area contributed by atoms with Crippen LogP contribution in [0.25, 0.3) is 10.7 Å². The molecule has 0 saturated carbocycles. The van der Waals surface area contributed by atoms with E-state index in [0.717, 1.165) is 12.4 Å². The Balaban J connectivity index is 1.62. The van der Waals surface area contributed by atoms with Crippen molar-refractivity contribution in [2.45, 2.75) is 18.9 Å². The summed E-state index contributed by atoms with van der Waals surface area (Å²) in [4.78, 5) is 14.4. The first kappa shape index (κ1) is 11.5. The molecule has 2 aromatic heterocycles. The van der Waals surface area contributed by atoms with Crippen LogP contribution in [0, 0.1) is 0 Å². The Kier molecular flexibility index (Phi) is 2.81. The van der Waals surface area contributed by atoms with Gasteiger partial charge in [-0.05, 0) is 24.3 Å². The number of nitrogens with zero attached hydrogens (tertiary/aromatic N) is 3. The maximum absolute atomic E-state index is 4.55. The molecule has 0 radical (unpaired) electrons. The van der Waals surface area contributed by atoms with Crippen molar-refractivity contribution in [3.63, 3.8) is 0 Å². The first-order valence-corrected chi connectivity index (χ1v) is 7.86. The van der Waals surface area contributed by atoms with Gasteiger partial charge in [0.2, 0.25) is 0 Å². The smallest absolute Gasteiger partial charge is 0.149 e. The van der Waals surface area contributed by atoms with Crippen LogP contribution in [0.2, 0.25) is 0 Å². The van der Waals surface area contributed by atoms with Crippen molar-refractivity contribution in [3.8, 4) is 10.7 Å². The number of thiophene rings is 1.